The quantitative estimate of drug-likeness (QED) is 0.849. The number of methoxy groups -OCH3 is 1. The zero-order valence-electron chi connectivity index (χ0n) is 12.2. The molecular formula is C15H16ClNO5. The Bertz CT molecular complexity index is 683. The van der Waals surface area contributed by atoms with Crippen LogP contribution in [0.1, 0.15) is 21.9 Å². The molecule has 2 rings (SSSR count). The highest BCUT2D eigenvalue weighted by atomic mass is 35.5. The lowest BCUT2D eigenvalue weighted by Gasteiger charge is -2.17. The highest BCUT2D eigenvalue weighted by Crippen LogP contribution is 2.34. The minimum absolute atomic E-state index is 0.0319. The monoisotopic (exact) mass is 325 g/mol. The van der Waals surface area contributed by atoms with E-state index in [0.29, 0.717) is 35.2 Å². The van der Waals surface area contributed by atoms with Crippen molar-refractivity contribution in [1.29, 1.82) is 0 Å². The van der Waals surface area contributed by atoms with Crippen LogP contribution in [-0.4, -0.2) is 35.2 Å². The number of phenols is 1. The average Bonchev–Trinajstić information content (AvgIpc) is 2.91. The molecule has 1 aromatic carbocycles. The predicted octanol–water partition coefficient (Wildman–Crippen LogP) is 2.98. The SMILES string of the molecule is COc1cc(Cl)cc(CN(C)Cc2ccc(C(=O)O)o2)c1O. The summed E-state index contributed by atoms with van der Waals surface area (Å²) in [5, 5.41) is 19.4. The Morgan fingerprint density at radius 3 is 2.68 bits per heavy atom. The molecule has 0 saturated heterocycles. The maximum absolute atomic E-state index is 10.8. The molecule has 6 nitrogen and oxygen atoms in total. The summed E-state index contributed by atoms with van der Waals surface area (Å²) in [4.78, 5) is 12.6. The number of halogens is 1. The topological polar surface area (TPSA) is 83.1 Å². The van der Waals surface area contributed by atoms with Crippen LogP contribution in [0, 0.1) is 0 Å². The van der Waals surface area contributed by atoms with Gasteiger partial charge < -0.3 is 19.4 Å². The van der Waals surface area contributed by atoms with Gasteiger partial charge in [0.2, 0.25) is 5.76 Å². The fraction of sp³-hybridized carbons (Fsp3) is 0.267. The van der Waals surface area contributed by atoms with Crippen LogP contribution in [0.2, 0.25) is 5.02 Å². The Hall–Kier alpha value is -2.18. The number of hydrogen-bond acceptors (Lipinski definition) is 5. The number of furan rings is 1. The van der Waals surface area contributed by atoms with Gasteiger partial charge in [-0.1, -0.05) is 11.6 Å². The molecule has 0 spiro atoms. The molecule has 0 atom stereocenters. The summed E-state index contributed by atoms with van der Waals surface area (Å²) in [5.74, 6) is -0.346. The molecular weight excluding hydrogens is 310 g/mol. The van der Waals surface area contributed by atoms with Crippen molar-refractivity contribution in [3.05, 3.63) is 46.4 Å². The highest BCUT2D eigenvalue weighted by Gasteiger charge is 2.14. The van der Waals surface area contributed by atoms with Crippen LogP contribution < -0.4 is 4.74 Å². The Morgan fingerprint density at radius 2 is 2.09 bits per heavy atom. The van der Waals surface area contributed by atoms with E-state index >= 15 is 0 Å². The van der Waals surface area contributed by atoms with E-state index in [0.717, 1.165) is 0 Å². The Morgan fingerprint density at radius 1 is 1.36 bits per heavy atom. The summed E-state index contributed by atoms with van der Waals surface area (Å²) in [7, 11) is 3.27. The number of phenolic OH excluding ortho intramolecular Hbond substituents is 1. The summed E-state index contributed by atoms with van der Waals surface area (Å²) < 4.78 is 10.3. The second-order valence-corrected chi connectivity index (χ2v) is 5.30. The Kier molecular flexibility index (Phi) is 4.95. The van der Waals surface area contributed by atoms with E-state index in [2.05, 4.69) is 0 Å². The number of carboxylic acid groups (broad SMARTS) is 1. The van der Waals surface area contributed by atoms with E-state index in [-0.39, 0.29) is 11.5 Å². The molecule has 1 heterocycles. The molecule has 0 saturated carbocycles. The number of carboxylic acids is 1. The third-order valence-electron chi connectivity index (χ3n) is 3.08. The second kappa shape index (κ2) is 6.72. The minimum Gasteiger partial charge on any atom is -0.504 e. The average molecular weight is 326 g/mol. The Balaban J connectivity index is 2.10. The maximum Gasteiger partial charge on any atom is 0.371 e. The number of nitrogens with zero attached hydrogens (tertiary/aromatic N) is 1. The molecule has 22 heavy (non-hydrogen) atoms. The number of aromatic hydroxyl groups is 1. The molecule has 0 fully saturated rings. The summed E-state index contributed by atoms with van der Waals surface area (Å²) in [6.45, 7) is 0.785. The standard InChI is InChI=1S/C15H16ClNO5/c1-17(8-11-3-4-12(22-11)15(19)20)7-9-5-10(16)6-13(21-2)14(9)18/h3-6,18H,7-8H2,1-2H3,(H,19,20). The van der Waals surface area contributed by atoms with E-state index in [1.165, 1.54) is 19.2 Å². The highest BCUT2D eigenvalue weighted by molar-refractivity contribution is 6.30. The van der Waals surface area contributed by atoms with Gasteiger partial charge in [-0.25, -0.2) is 4.79 Å². The lowest BCUT2D eigenvalue weighted by atomic mass is 10.1. The number of rotatable bonds is 6. The van der Waals surface area contributed by atoms with Crippen molar-refractivity contribution < 1.29 is 24.2 Å². The lowest BCUT2D eigenvalue weighted by Crippen LogP contribution is -2.17. The third kappa shape index (κ3) is 3.72. The van der Waals surface area contributed by atoms with Crippen molar-refractivity contribution in [3.63, 3.8) is 0 Å². The van der Waals surface area contributed by atoms with Gasteiger partial charge >= 0.3 is 5.97 Å². The van der Waals surface area contributed by atoms with Crippen LogP contribution in [0.25, 0.3) is 0 Å². The van der Waals surface area contributed by atoms with Gasteiger partial charge in [-0.05, 0) is 25.2 Å². The predicted molar refractivity (Wildman–Crippen MR) is 80.5 cm³/mol. The van der Waals surface area contributed by atoms with Crippen LogP contribution in [0.5, 0.6) is 11.5 Å². The van der Waals surface area contributed by atoms with E-state index in [4.69, 9.17) is 25.9 Å². The fourth-order valence-corrected chi connectivity index (χ4v) is 2.33. The molecule has 2 aromatic rings. The number of hydrogen-bond donors (Lipinski definition) is 2. The van der Waals surface area contributed by atoms with Gasteiger partial charge in [-0.3, -0.25) is 4.90 Å². The number of aromatic carboxylic acids is 1. The maximum atomic E-state index is 10.8. The zero-order chi connectivity index (χ0) is 16.3. The smallest absolute Gasteiger partial charge is 0.371 e. The minimum atomic E-state index is -1.11. The van der Waals surface area contributed by atoms with Crippen LogP contribution >= 0.6 is 11.6 Å². The number of ether oxygens (including phenoxy) is 1. The van der Waals surface area contributed by atoms with Gasteiger partial charge in [0.25, 0.3) is 0 Å². The second-order valence-electron chi connectivity index (χ2n) is 4.86. The molecule has 1 aromatic heterocycles. The molecule has 0 radical (unpaired) electrons. The van der Waals surface area contributed by atoms with Crippen LogP contribution in [0.4, 0.5) is 0 Å². The molecule has 0 unspecified atom stereocenters. The zero-order valence-corrected chi connectivity index (χ0v) is 12.9. The van der Waals surface area contributed by atoms with E-state index < -0.39 is 5.97 Å². The molecule has 118 valence electrons. The van der Waals surface area contributed by atoms with Gasteiger partial charge in [0.05, 0.1) is 13.7 Å². The summed E-state index contributed by atoms with van der Waals surface area (Å²) in [6.07, 6.45) is 0. The molecule has 0 aliphatic carbocycles. The molecule has 0 amide bonds. The van der Waals surface area contributed by atoms with E-state index in [1.54, 1.807) is 12.1 Å². The van der Waals surface area contributed by atoms with Crippen molar-refractivity contribution >= 4 is 17.6 Å². The first-order valence-electron chi connectivity index (χ1n) is 6.46. The van der Waals surface area contributed by atoms with Crippen molar-refractivity contribution in [2.75, 3.05) is 14.2 Å². The van der Waals surface area contributed by atoms with Crippen LogP contribution in [-0.2, 0) is 13.1 Å². The lowest BCUT2D eigenvalue weighted by molar-refractivity contribution is 0.0658. The van der Waals surface area contributed by atoms with Gasteiger partial charge in [0.15, 0.2) is 11.5 Å². The van der Waals surface area contributed by atoms with Crippen molar-refractivity contribution in [2.45, 2.75) is 13.1 Å². The fourth-order valence-electron chi connectivity index (χ4n) is 2.09. The largest absolute Gasteiger partial charge is 0.504 e. The van der Waals surface area contributed by atoms with Crippen LogP contribution in [0.15, 0.2) is 28.7 Å². The van der Waals surface area contributed by atoms with Gasteiger partial charge in [0.1, 0.15) is 5.76 Å². The van der Waals surface area contributed by atoms with Crippen molar-refractivity contribution in [2.24, 2.45) is 0 Å². The first kappa shape index (κ1) is 16.2. The normalized spacial score (nSPS) is 10.9. The van der Waals surface area contributed by atoms with Crippen LogP contribution in [0.3, 0.4) is 0 Å². The first-order valence-corrected chi connectivity index (χ1v) is 6.84. The number of benzene rings is 1. The molecule has 0 aliphatic rings. The first-order chi connectivity index (χ1) is 10.4. The molecule has 7 heteroatoms. The van der Waals surface area contributed by atoms with E-state index in [9.17, 15) is 9.90 Å². The molecule has 0 aliphatic heterocycles. The van der Waals surface area contributed by atoms with E-state index in [1.807, 2.05) is 11.9 Å². The van der Waals surface area contributed by atoms with Gasteiger partial charge in [-0.15, -0.1) is 0 Å². The summed E-state index contributed by atoms with van der Waals surface area (Å²) >= 11 is 5.99. The number of carbonyl (C=O) groups is 1. The summed E-state index contributed by atoms with van der Waals surface area (Å²) in [5.41, 5.74) is 0.608. The molecule has 2 N–H and O–H groups in total. The van der Waals surface area contributed by atoms with Crippen molar-refractivity contribution in [3.8, 4) is 11.5 Å². The third-order valence-corrected chi connectivity index (χ3v) is 3.30. The van der Waals surface area contributed by atoms with Gasteiger partial charge in [-0.2, -0.15) is 0 Å². The Labute approximate surface area is 132 Å². The summed E-state index contributed by atoms with van der Waals surface area (Å²) in [6, 6.07) is 6.20. The van der Waals surface area contributed by atoms with Gasteiger partial charge in [0, 0.05) is 23.2 Å². The molecule has 0 bridgehead atoms. The van der Waals surface area contributed by atoms with Crippen molar-refractivity contribution in [1.82, 2.24) is 4.90 Å².